The van der Waals surface area contributed by atoms with Gasteiger partial charge in [0.2, 0.25) is 5.91 Å². The number of aromatic nitrogens is 1. The van der Waals surface area contributed by atoms with E-state index in [-0.39, 0.29) is 17.2 Å². The van der Waals surface area contributed by atoms with Gasteiger partial charge in [-0.05, 0) is 50.2 Å². The predicted molar refractivity (Wildman–Crippen MR) is 118 cm³/mol. The van der Waals surface area contributed by atoms with E-state index >= 15 is 0 Å². The van der Waals surface area contributed by atoms with E-state index in [9.17, 15) is 13.2 Å². The molecular formula is C22H23N3O6S. The third-order valence-corrected chi connectivity index (χ3v) is 6.35. The van der Waals surface area contributed by atoms with Crippen molar-refractivity contribution in [3.05, 3.63) is 59.5 Å². The van der Waals surface area contributed by atoms with E-state index in [1.54, 1.807) is 44.2 Å². The second-order valence-corrected chi connectivity index (χ2v) is 9.05. The van der Waals surface area contributed by atoms with Crippen molar-refractivity contribution < 1.29 is 27.2 Å². The van der Waals surface area contributed by atoms with E-state index in [2.05, 4.69) is 15.2 Å². The Balaban J connectivity index is 1.42. The maximum absolute atomic E-state index is 12.8. The summed E-state index contributed by atoms with van der Waals surface area (Å²) in [6, 6.07) is 10.9. The number of hydrogen-bond donors (Lipinski definition) is 2. The minimum Gasteiger partial charge on any atom is -0.490 e. The molecule has 0 aliphatic carbocycles. The standard InChI is InChI=1S/C22H23N3O6S/c1-14-19(15(2)31-24-14)13-22(26)23-16-4-6-17(7-5-16)25-32(27,28)18-8-9-20-21(12-18)30-11-3-10-29-20/h4-9,12,25H,3,10-11,13H2,1-2H3,(H,23,26). The van der Waals surface area contributed by atoms with Gasteiger partial charge in [-0.2, -0.15) is 0 Å². The Morgan fingerprint density at radius 3 is 2.38 bits per heavy atom. The number of rotatable bonds is 6. The largest absolute Gasteiger partial charge is 0.490 e. The highest BCUT2D eigenvalue weighted by Gasteiger charge is 2.19. The first-order chi connectivity index (χ1) is 15.3. The number of sulfonamides is 1. The summed E-state index contributed by atoms with van der Waals surface area (Å²) < 4.78 is 44.3. The lowest BCUT2D eigenvalue weighted by atomic mass is 10.1. The summed E-state index contributed by atoms with van der Waals surface area (Å²) >= 11 is 0. The second-order valence-electron chi connectivity index (χ2n) is 7.37. The van der Waals surface area contributed by atoms with Crippen molar-refractivity contribution in [2.45, 2.75) is 31.6 Å². The van der Waals surface area contributed by atoms with E-state index < -0.39 is 10.0 Å². The number of carbonyl (C=O) groups is 1. The average Bonchev–Trinajstić information content (AvgIpc) is 2.95. The molecule has 32 heavy (non-hydrogen) atoms. The molecule has 9 nitrogen and oxygen atoms in total. The molecule has 4 rings (SSSR count). The van der Waals surface area contributed by atoms with Gasteiger partial charge in [0.1, 0.15) is 5.76 Å². The van der Waals surface area contributed by atoms with Crippen molar-refractivity contribution in [1.82, 2.24) is 5.16 Å². The first kappa shape index (κ1) is 21.7. The second kappa shape index (κ2) is 8.91. The molecule has 0 saturated carbocycles. The molecule has 10 heteroatoms. The summed E-state index contributed by atoms with van der Waals surface area (Å²) in [7, 11) is -3.83. The predicted octanol–water partition coefficient (Wildman–Crippen LogP) is 3.43. The van der Waals surface area contributed by atoms with Gasteiger partial charge in [0.05, 0.1) is 30.2 Å². The van der Waals surface area contributed by atoms with Gasteiger partial charge >= 0.3 is 0 Å². The Morgan fingerprint density at radius 2 is 1.69 bits per heavy atom. The highest BCUT2D eigenvalue weighted by atomic mass is 32.2. The van der Waals surface area contributed by atoms with Crippen LogP contribution in [0.1, 0.15) is 23.4 Å². The van der Waals surface area contributed by atoms with Gasteiger partial charge in [-0.3, -0.25) is 9.52 Å². The van der Waals surface area contributed by atoms with Crippen molar-refractivity contribution in [1.29, 1.82) is 0 Å². The van der Waals surface area contributed by atoms with Crippen LogP contribution in [0.2, 0.25) is 0 Å². The van der Waals surface area contributed by atoms with Crippen LogP contribution in [-0.4, -0.2) is 32.7 Å². The minimum atomic E-state index is -3.83. The molecule has 1 aromatic heterocycles. The summed E-state index contributed by atoms with van der Waals surface area (Å²) in [6.07, 6.45) is 0.871. The number of anilines is 2. The number of hydrogen-bond acceptors (Lipinski definition) is 7. The SMILES string of the molecule is Cc1noc(C)c1CC(=O)Nc1ccc(NS(=O)(=O)c2ccc3c(c2)OCCCO3)cc1. The average molecular weight is 458 g/mol. The third-order valence-electron chi connectivity index (χ3n) is 4.97. The van der Waals surface area contributed by atoms with Gasteiger partial charge < -0.3 is 19.3 Å². The topological polar surface area (TPSA) is 120 Å². The van der Waals surface area contributed by atoms with Crippen molar-refractivity contribution in [2.75, 3.05) is 23.3 Å². The zero-order valence-corrected chi connectivity index (χ0v) is 18.5. The Bertz CT molecular complexity index is 1220. The van der Waals surface area contributed by atoms with Crippen molar-refractivity contribution in [3.63, 3.8) is 0 Å². The summed E-state index contributed by atoms with van der Waals surface area (Å²) in [5.74, 6) is 1.32. The fourth-order valence-corrected chi connectivity index (χ4v) is 4.34. The van der Waals surface area contributed by atoms with Gasteiger partial charge in [-0.1, -0.05) is 5.16 Å². The highest BCUT2D eigenvalue weighted by Crippen LogP contribution is 2.32. The zero-order valence-electron chi connectivity index (χ0n) is 17.7. The number of benzene rings is 2. The lowest BCUT2D eigenvalue weighted by molar-refractivity contribution is -0.115. The monoisotopic (exact) mass is 457 g/mol. The number of amides is 1. The fraction of sp³-hybridized carbons (Fsp3) is 0.273. The van der Waals surface area contributed by atoms with E-state index in [1.165, 1.54) is 12.1 Å². The maximum atomic E-state index is 12.8. The number of aryl methyl sites for hydroxylation is 2. The molecule has 3 aromatic rings. The van der Waals surface area contributed by atoms with Crippen LogP contribution in [0.15, 0.2) is 51.9 Å². The molecule has 2 heterocycles. The Morgan fingerprint density at radius 1 is 1.00 bits per heavy atom. The molecule has 0 atom stereocenters. The molecule has 1 aliphatic rings. The Labute approximate surface area is 185 Å². The number of carbonyl (C=O) groups excluding carboxylic acids is 1. The lowest BCUT2D eigenvalue weighted by Gasteiger charge is -2.12. The van der Waals surface area contributed by atoms with Gasteiger partial charge in [0.15, 0.2) is 11.5 Å². The summed E-state index contributed by atoms with van der Waals surface area (Å²) in [4.78, 5) is 12.4. The molecule has 0 bridgehead atoms. The quantitative estimate of drug-likeness (QED) is 0.582. The van der Waals surface area contributed by atoms with E-state index in [0.29, 0.717) is 47.5 Å². The smallest absolute Gasteiger partial charge is 0.262 e. The van der Waals surface area contributed by atoms with Crippen LogP contribution >= 0.6 is 0 Å². The molecule has 0 fully saturated rings. The number of ether oxygens (including phenoxy) is 2. The molecule has 2 aromatic carbocycles. The molecule has 1 aliphatic heterocycles. The van der Waals surface area contributed by atoms with E-state index in [1.807, 2.05) is 0 Å². The molecule has 0 spiro atoms. The zero-order chi connectivity index (χ0) is 22.7. The molecule has 168 valence electrons. The first-order valence-electron chi connectivity index (χ1n) is 10.1. The summed E-state index contributed by atoms with van der Waals surface area (Å²) in [5, 5.41) is 6.62. The molecule has 0 saturated heterocycles. The van der Waals surface area contributed by atoms with E-state index in [0.717, 1.165) is 12.0 Å². The number of nitrogens with zero attached hydrogens (tertiary/aromatic N) is 1. The molecular weight excluding hydrogens is 434 g/mol. The third kappa shape index (κ3) is 4.86. The van der Waals surface area contributed by atoms with Crippen LogP contribution in [0.4, 0.5) is 11.4 Å². The van der Waals surface area contributed by atoms with Crippen LogP contribution in [-0.2, 0) is 21.2 Å². The summed E-state index contributed by atoms with van der Waals surface area (Å²) in [6.45, 7) is 4.53. The van der Waals surface area contributed by atoms with Gasteiger partial charge in [-0.25, -0.2) is 8.42 Å². The van der Waals surface area contributed by atoms with Crippen LogP contribution in [0.5, 0.6) is 11.5 Å². The lowest BCUT2D eigenvalue weighted by Crippen LogP contribution is -2.15. The first-order valence-corrected chi connectivity index (χ1v) is 11.5. The normalized spacial score (nSPS) is 13.3. The van der Waals surface area contributed by atoms with Crippen molar-refractivity contribution >= 4 is 27.3 Å². The van der Waals surface area contributed by atoms with E-state index in [4.69, 9.17) is 14.0 Å². The van der Waals surface area contributed by atoms with Gasteiger partial charge in [-0.15, -0.1) is 0 Å². The number of fused-ring (bicyclic) bond motifs is 1. The molecule has 0 unspecified atom stereocenters. The van der Waals surface area contributed by atoms with Crippen LogP contribution in [0, 0.1) is 13.8 Å². The summed E-state index contributed by atoms with van der Waals surface area (Å²) in [5.41, 5.74) is 2.33. The van der Waals surface area contributed by atoms with Gasteiger partial charge in [0.25, 0.3) is 10.0 Å². The van der Waals surface area contributed by atoms with Crippen molar-refractivity contribution in [2.24, 2.45) is 0 Å². The van der Waals surface area contributed by atoms with Crippen LogP contribution in [0.3, 0.4) is 0 Å². The van der Waals surface area contributed by atoms with Crippen LogP contribution < -0.4 is 19.5 Å². The minimum absolute atomic E-state index is 0.0681. The maximum Gasteiger partial charge on any atom is 0.262 e. The number of nitrogens with one attached hydrogen (secondary N) is 2. The Hall–Kier alpha value is -3.53. The molecule has 0 radical (unpaired) electrons. The van der Waals surface area contributed by atoms with Crippen LogP contribution in [0.25, 0.3) is 0 Å². The molecule has 1 amide bonds. The Kier molecular flexibility index (Phi) is 6.04. The van der Waals surface area contributed by atoms with Gasteiger partial charge in [0, 0.05) is 29.4 Å². The van der Waals surface area contributed by atoms with Crippen molar-refractivity contribution in [3.8, 4) is 11.5 Å². The fourth-order valence-electron chi connectivity index (χ4n) is 3.27. The highest BCUT2D eigenvalue weighted by molar-refractivity contribution is 7.92. The molecule has 2 N–H and O–H groups in total.